The second kappa shape index (κ2) is 8.99. The predicted octanol–water partition coefficient (Wildman–Crippen LogP) is 5.51. The van der Waals surface area contributed by atoms with Gasteiger partial charge in [0, 0.05) is 18.3 Å². The molecule has 3 aromatic rings. The zero-order valence-corrected chi connectivity index (χ0v) is 18.8. The summed E-state index contributed by atoms with van der Waals surface area (Å²) in [5.74, 6) is 0. The van der Waals surface area contributed by atoms with E-state index >= 15 is 0 Å². The van der Waals surface area contributed by atoms with Crippen LogP contribution in [0.25, 0.3) is 11.6 Å². The van der Waals surface area contributed by atoms with Crippen molar-refractivity contribution in [3.05, 3.63) is 101 Å². The topological polar surface area (TPSA) is 46.2 Å². The van der Waals surface area contributed by atoms with Crippen molar-refractivity contribution >= 4 is 21.5 Å². The van der Waals surface area contributed by atoms with Crippen molar-refractivity contribution in [3.63, 3.8) is 0 Å². The summed E-state index contributed by atoms with van der Waals surface area (Å²) in [5, 5.41) is 3.68. The zero-order chi connectivity index (χ0) is 21.8. The fourth-order valence-electron chi connectivity index (χ4n) is 3.35. The average molecular weight is 420 g/mol. The lowest BCUT2D eigenvalue weighted by molar-refractivity contribution is 0.490. The summed E-state index contributed by atoms with van der Waals surface area (Å²) in [7, 11) is -3.21. The molecular formula is C26H29NO2S. The standard InChI is InChI=1S/C26H29NO2S/c1-20-10-14-23(15-11-20)25(18-21-12-16-24(17-13-21)30(4,28)29)26(2,3)27-19-22-8-6-5-7-9-22/h5-18,27H,19H2,1-4H3/b25-18+. The van der Waals surface area contributed by atoms with E-state index < -0.39 is 9.84 Å². The quantitative estimate of drug-likeness (QED) is 0.514. The number of sulfone groups is 1. The summed E-state index contributed by atoms with van der Waals surface area (Å²) in [4.78, 5) is 0.331. The molecule has 4 heteroatoms. The highest BCUT2D eigenvalue weighted by Gasteiger charge is 2.24. The van der Waals surface area contributed by atoms with Gasteiger partial charge in [-0.1, -0.05) is 72.3 Å². The van der Waals surface area contributed by atoms with E-state index in [0.717, 1.165) is 23.2 Å². The van der Waals surface area contributed by atoms with Crippen LogP contribution in [0.2, 0.25) is 0 Å². The lowest BCUT2D eigenvalue weighted by Gasteiger charge is -2.31. The van der Waals surface area contributed by atoms with Crippen molar-refractivity contribution in [1.29, 1.82) is 0 Å². The Morgan fingerprint density at radius 2 is 1.50 bits per heavy atom. The number of aryl methyl sites for hydroxylation is 1. The Bertz CT molecular complexity index is 1110. The summed E-state index contributed by atoms with van der Waals surface area (Å²) < 4.78 is 23.5. The monoisotopic (exact) mass is 419 g/mol. The molecule has 0 amide bonds. The van der Waals surface area contributed by atoms with Crippen molar-refractivity contribution in [1.82, 2.24) is 5.32 Å². The van der Waals surface area contributed by atoms with Crippen LogP contribution in [-0.4, -0.2) is 20.2 Å². The van der Waals surface area contributed by atoms with E-state index in [4.69, 9.17) is 0 Å². The van der Waals surface area contributed by atoms with Gasteiger partial charge in [0.2, 0.25) is 0 Å². The Hall–Kier alpha value is -2.69. The number of hydrogen-bond donors (Lipinski definition) is 1. The molecule has 0 bridgehead atoms. The molecule has 0 aromatic heterocycles. The van der Waals surface area contributed by atoms with Crippen molar-refractivity contribution in [2.24, 2.45) is 0 Å². The molecule has 30 heavy (non-hydrogen) atoms. The fourth-order valence-corrected chi connectivity index (χ4v) is 3.98. The number of hydrogen-bond acceptors (Lipinski definition) is 3. The summed E-state index contributed by atoms with van der Waals surface area (Å²) in [6.45, 7) is 7.18. The van der Waals surface area contributed by atoms with Crippen molar-refractivity contribution < 1.29 is 8.42 Å². The van der Waals surface area contributed by atoms with Crippen LogP contribution in [0.4, 0.5) is 0 Å². The van der Waals surface area contributed by atoms with E-state index in [1.807, 2.05) is 30.3 Å². The average Bonchev–Trinajstić information content (AvgIpc) is 2.72. The Morgan fingerprint density at radius 1 is 0.900 bits per heavy atom. The third-order valence-electron chi connectivity index (χ3n) is 5.23. The van der Waals surface area contributed by atoms with Gasteiger partial charge in [0.15, 0.2) is 9.84 Å². The van der Waals surface area contributed by atoms with Gasteiger partial charge >= 0.3 is 0 Å². The molecule has 0 aliphatic heterocycles. The van der Waals surface area contributed by atoms with Crippen molar-refractivity contribution in [2.45, 2.75) is 37.8 Å². The second-order valence-corrected chi connectivity index (χ2v) is 10.2. The number of benzene rings is 3. The largest absolute Gasteiger partial charge is 0.304 e. The summed E-state index contributed by atoms with van der Waals surface area (Å²) in [6.07, 6.45) is 3.36. The first-order valence-corrected chi connectivity index (χ1v) is 11.9. The molecule has 0 heterocycles. The molecule has 1 N–H and O–H groups in total. The first-order chi connectivity index (χ1) is 14.1. The van der Waals surface area contributed by atoms with Crippen LogP contribution in [0.5, 0.6) is 0 Å². The predicted molar refractivity (Wildman–Crippen MR) is 126 cm³/mol. The van der Waals surface area contributed by atoms with E-state index in [1.54, 1.807) is 12.1 Å². The Morgan fingerprint density at radius 3 is 2.07 bits per heavy atom. The maximum Gasteiger partial charge on any atom is 0.175 e. The van der Waals surface area contributed by atoms with Crippen LogP contribution in [-0.2, 0) is 16.4 Å². The molecule has 0 fully saturated rings. The highest BCUT2D eigenvalue weighted by atomic mass is 32.2. The minimum atomic E-state index is -3.21. The van der Waals surface area contributed by atoms with Gasteiger partial charge in [-0.2, -0.15) is 0 Å². The van der Waals surface area contributed by atoms with Crippen LogP contribution in [0.1, 0.15) is 36.1 Å². The van der Waals surface area contributed by atoms with Crippen molar-refractivity contribution in [3.8, 4) is 0 Å². The fraction of sp³-hybridized carbons (Fsp3) is 0.231. The molecule has 3 rings (SSSR count). The maximum absolute atomic E-state index is 11.8. The molecule has 0 saturated heterocycles. The molecule has 0 atom stereocenters. The van der Waals surface area contributed by atoms with Gasteiger partial charge in [-0.15, -0.1) is 0 Å². The van der Waals surface area contributed by atoms with Crippen molar-refractivity contribution in [2.75, 3.05) is 6.26 Å². The highest BCUT2D eigenvalue weighted by Crippen LogP contribution is 2.30. The molecule has 156 valence electrons. The van der Waals surface area contributed by atoms with Crippen LogP contribution < -0.4 is 5.32 Å². The van der Waals surface area contributed by atoms with Crippen LogP contribution in [0, 0.1) is 6.92 Å². The smallest absolute Gasteiger partial charge is 0.175 e. The zero-order valence-electron chi connectivity index (χ0n) is 18.0. The van der Waals surface area contributed by atoms with E-state index in [1.165, 1.54) is 17.4 Å². The van der Waals surface area contributed by atoms with E-state index in [2.05, 4.69) is 68.6 Å². The lowest BCUT2D eigenvalue weighted by atomic mass is 9.86. The first-order valence-electron chi connectivity index (χ1n) is 10.0. The van der Waals surface area contributed by atoms with Crippen LogP contribution in [0.15, 0.2) is 83.8 Å². The Balaban J connectivity index is 1.97. The Labute approximate surface area is 180 Å². The number of nitrogens with one attached hydrogen (secondary N) is 1. The van der Waals surface area contributed by atoms with E-state index in [9.17, 15) is 8.42 Å². The number of rotatable bonds is 7. The van der Waals surface area contributed by atoms with Crippen LogP contribution in [0.3, 0.4) is 0 Å². The molecule has 0 spiro atoms. The molecule has 0 aliphatic rings. The highest BCUT2D eigenvalue weighted by molar-refractivity contribution is 7.90. The molecule has 0 saturated carbocycles. The SMILES string of the molecule is Cc1ccc(/C(=C\c2ccc(S(C)(=O)=O)cc2)C(C)(C)NCc2ccccc2)cc1. The summed E-state index contributed by atoms with van der Waals surface area (Å²) in [5.41, 5.74) is 5.38. The van der Waals surface area contributed by atoms with Gasteiger partial charge in [-0.3, -0.25) is 0 Å². The van der Waals surface area contributed by atoms with E-state index in [-0.39, 0.29) is 5.54 Å². The first kappa shape index (κ1) is 22.0. The normalized spacial score (nSPS) is 12.7. The Kier molecular flexibility index (Phi) is 6.59. The second-order valence-electron chi connectivity index (χ2n) is 8.23. The molecule has 3 aromatic carbocycles. The lowest BCUT2D eigenvalue weighted by Crippen LogP contribution is -2.39. The minimum Gasteiger partial charge on any atom is -0.304 e. The van der Waals surface area contributed by atoms with Crippen LogP contribution >= 0.6 is 0 Å². The van der Waals surface area contributed by atoms with Gasteiger partial charge in [-0.05, 0) is 61.2 Å². The maximum atomic E-state index is 11.8. The minimum absolute atomic E-state index is 0.305. The third-order valence-corrected chi connectivity index (χ3v) is 6.36. The third kappa shape index (κ3) is 5.68. The van der Waals surface area contributed by atoms with Gasteiger partial charge in [0.05, 0.1) is 4.90 Å². The molecule has 0 unspecified atom stereocenters. The summed E-state index contributed by atoms with van der Waals surface area (Å²) in [6, 6.07) is 25.9. The van der Waals surface area contributed by atoms with Gasteiger partial charge in [0.1, 0.15) is 0 Å². The van der Waals surface area contributed by atoms with Gasteiger partial charge in [0.25, 0.3) is 0 Å². The van der Waals surface area contributed by atoms with Gasteiger partial charge in [-0.25, -0.2) is 8.42 Å². The van der Waals surface area contributed by atoms with E-state index in [0.29, 0.717) is 4.90 Å². The van der Waals surface area contributed by atoms with Gasteiger partial charge < -0.3 is 5.32 Å². The molecular weight excluding hydrogens is 390 g/mol. The molecule has 3 nitrogen and oxygen atoms in total. The molecule has 0 aliphatic carbocycles. The molecule has 0 radical (unpaired) electrons. The summed E-state index contributed by atoms with van der Waals surface area (Å²) >= 11 is 0.